The van der Waals surface area contributed by atoms with E-state index in [1.165, 1.54) is 12.1 Å². The van der Waals surface area contributed by atoms with Gasteiger partial charge in [0.1, 0.15) is 0 Å². The van der Waals surface area contributed by atoms with E-state index < -0.39 is 28.7 Å². The molecule has 0 saturated heterocycles. The first-order valence-electron chi connectivity index (χ1n) is 6.50. The molecule has 1 aliphatic heterocycles. The largest absolute Gasteiger partial charge is 0.417 e. The Morgan fingerprint density at radius 3 is 2.68 bits per heavy atom. The molecule has 1 N–H and O–H groups in total. The number of halogens is 3. The van der Waals surface area contributed by atoms with Crippen LogP contribution in [0.15, 0.2) is 28.4 Å². The number of benzene rings is 1. The molecule has 1 aromatic carbocycles. The summed E-state index contributed by atoms with van der Waals surface area (Å²) in [7, 11) is 0. The van der Waals surface area contributed by atoms with Crippen molar-refractivity contribution in [3.63, 3.8) is 0 Å². The van der Waals surface area contributed by atoms with Gasteiger partial charge in [0.2, 0.25) is 0 Å². The molecule has 5 nitrogen and oxygen atoms in total. The quantitative estimate of drug-likeness (QED) is 0.907. The van der Waals surface area contributed by atoms with Crippen LogP contribution < -0.4 is 5.32 Å². The minimum absolute atomic E-state index is 0.0349. The summed E-state index contributed by atoms with van der Waals surface area (Å²) in [5.74, 6) is -0.529. The monoisotopic (exact) mass is 310 g/mol. The fraction of sp³-hybridized carbons (Fsp3) is 0.429. The first-order valence-corrected chi connectivity index (χ1v) is 6.50. The van der Waals surface area contributed by atoms with Crippen molar-refractivity contribution in [2.24, 2.45) is 10.2 Å². The van der Waals surface area contributed by atoms with Gasteiger partial charge in [0.15, 0.2) is 5.54 Å². The van der Waals surface area contributed by atoms with E-state index in [9.17, 15) is 18.0 Å². The molecule has 1 aromatic rings. The highest BCUT2D eigenvalue weighted by Crippen LogP contribution is 2.34. The Bertz CT molecular complexity index is 678. The van der Waals surface area contributed by atoms with Crippen LogP contribution in [-0.4, -0.2) is 17.5 Å². The Morgan fingerprint density at radius 1 is 1.50 bits per heavy atom. The van der Waals surface area contributed by atoms with E-state index in [1.807, 2.05) is 0 Å². The van der Waals surface area contributed by atoms with Crippen LogP contribution in [0, 0.1) is 11.3 Å². The van der Waals surface area contributed by atoms with Crippen molar-refractivity contribution in [1.82, 2.24) is 0 Å². The fourth-order valence-corrected chi connectivity index (χ4v) is 2.24. The van der Waals surface area contributed by atoms with E-state index in [0.29, 0.717) is 6.42 Å². The van der Waals surface area contributed by atoms with Gasteiger partial charge in [0.05, 0.1) is 23.2 Å². The molecule has 2 rings (SSSR count). The smallest absolute Gasteiger partial charge is 0.324 e. The number of nitrogens with zero attached hydrogens (tertiary/aromatic N) is 3. The van der Waals surface area contributed by atoms with Gasteiger partial charge in [-0.3, -0.25) is 4.79 Å². The molecular weight excluding hydrogens is 297 g/mol. The summed E-state index contributed by atoms with van der Waals surface area (Å²) in [6, 6.07) is 4.40. The predicted octanol–water partition coefficient (Wildman–Crippen LogP) is 3.52. The van der Waals surface area contributed by atoms with E-state index in [-0.39, 0.29) is 11.7 Å². The number of amides is 1. The molecule has 0 radical (unpaired) electrons. The molecular formula is C14H13F3N4O. The second kappa shape index (κ2) is 5.40. The van der Waals surface area contributed by atoms with Crippen LogP contribution in [0.2, 0.25) is 0 Å². The molecule has 116 valence electrons. The zero-order valence-electron chi connectivity index (χ0n) is 11.9. The van der Waals surface area contributed by atoms with Gasteiger partial charge in [-0.1, -0.05) is 0 Å². The number of carbonyl (C=O) groups excluding carboxylic acids is 1. The molecule has 0 spiro atoms. The third-order valence-corrected chi connectivity index (χ3v) is 3.36. The summed E-state index contributed by atoms with van der Waals surface area (Å²) in [4.78, 5) is 12.2. The third kappa shape index (κ3) is 3.08. The number of hydrogen-bond donors (Lipinski definition) is 1. The van der Waals surface area contributed by atoms with Crippen LogP contribution in [-0.2, 0) is 11.0 Å². The Labute approximate surface area is 124 Å². The van der Waals surface area contributed by atoms with Crippen molar-refractivity contribution in [2.75, 3.05) is 5.32 Å². The Kier molecular flexibility index (Phi) is 3.92. The second-order valence-corrected chi connectivity index (χ2v) is 5.37. The lowest BCUT2D eigenvalue weighted by Crippen LogP contribution is -2.37. The van der Waals surface area contributed by atoms with Crippen molar-refractivity contribution in [2.45, 2.75) is 38.0 Å². The highest BCUT2D eigenvalue weighted by Gasteiger charge is 2.39. The van der Waals surface area contributed by atoms with Crippen molar-refractivity contribution < 1.29 is 18.0 Å². The molecule has 2 unspecified atom stereocenters. The molecule has 2 atom stereocenters. The lowest BCUT2D eigenvalue weighted by atomic mass is 9.95. The minimum atomic E-state index is -4.67. The topological polar surface area (TPSA) is 77.6 Å². The minimum Gasteiger partial charge on any atom is -0.324 e. The van der Waals surface area contributed by atoms with Gasteiger partial charge >= 0.3 is 6.18 Å². The molecule has 0 fully saturated rings. The summed E-state index contributed by atoms with van der Waals surface area (Å²) in [5, 5.41) is 18.9. The summed E-state index contributed by atoms with van der Waals surface area (Å²) in [5.41, 5.74) is -2.70. The van der Waals surface area contributed by atoms with Crippen molar-refractivity contribution >= 4 is 11.6 Å². The zero-order valence-corrected chi connectivity index (χ0v) is 11.9. The standard InChI is InChI=1S/C14H13F3N4O/c1-8-6-13(2,21-20-8)12(22)19-10-4-3-9(7-18)11(5-10)14(15,16)17/h3-5,8H,6H2,1-2H3,(H,19,22). The molecule has 0 saturated carbocycles. The predicted molar refractivity (Wildman–Crippen MR) is 72.1 cm³/mol. The summed E-state index contributed by atoms with van der Waals surface area (Å²) in [6.07, 6.45) is -4.28. The van der Waals surface area contributed by atoms with Crippen LogP contribution in [0.1, 0.15) is 31.4 Å². The first-order chi connectivity index (χ1) is 10.2. The maximum Gasteiger partial charge on any atom is 0.417 e. The van der Waals surface area contributed by atoms with Gasteiger partial charge in [0.25, 0.3) is 5.91 Å². The molecule has 22 heavy (non-hydrogen) atoms. The van der Waals surface area contributed by atoms with Gasteiger partial charge < -0.3 is 5.32 Å². The summed E-state index contributed by atoms with van der Waals surface area (Å²) >= 11 is 0. The number of anilines is 1. The van der Waals surface area contributed by atoms with E-state index in [0.717, 1.165) is 12.1 Å². The van der Waals surface area contributed by atoms with Gasteiger partial charge in [-0.15, -0.1) is 0 Å². The van der Waals surface area contributed by atoms with Crippen LogP contribution in [0.5, 0.6) is 0 Å². The summed E-state index contributed by atoms with van der Waals surface area (Å²) in [6.45, 7) is 3.37. The third-order valence-electron chi connectivity index (χ3n) is 3.36. The van der Waals surface area contributed by atoms with Crippen LogP contribution in [0.4, 0.5) is 18.9 Å². The van der Waals surface area contributed by atoms with E-state index >= 15 is 0 Å². The number of alkyl halides is 3. The van der Waals surface area contributed by atoms with Crippen molar-refractivity contribution in [1.29, 1.82) is 5.26 Å². The first kappa shape index (κ1) is 15.9. The van der Waals surface area contributed by atoms with Gasteiger partial charge in [-0.25, -0.2) is 0 Å². The normalized spacial score (nSPS) is 24.1. The fourth-order valence-electron chi connectivity index (χ4n) is 2.24. The molecule has 1 heterocycles. The van der Waals surface area contributed by atoms with E-state index in [4.69, 9.17) is 5.26 Å². The van der Waals surface area contributed by atoms with Crippen LogP contribution in [0.3, 0.4) is 0 Å². The van der Waals surface area contributed by atoms with Gasteiger partial charge in [-0.05, 0) is 32.0 Å². The Hall–Kier alpha value is -2.43. The molecule has 0 aromatic heterocycles. The van der Waals surface area contributed by atoms with Crippen LogP contribution >= 0.6 is 0 Å². The average Bonchev–Trinajstić information content (AvgIpc) is 2.79. The molecule has 8 heteroatoms. The molecule has 1 amide bonds. The number of nitriles is 1. The van der Waals surface area contributed by atoms with Crippen molar-refractivity contribution in [3.05, 3.63) is 29.3 Å². The van der Waals surface area contributed by atoms with Gasteiger partial charge in [-0.2, -0.15) is 28.7 Å². The van der Waals surface area contributed by atoms with Gasteiger partial charge in [0, 0.05) is 12.1 Å². The number of carbonyl (C=O) groups is 1. The molecule has 0 aliphatic carbocycles. The number of nitrogens with one attached hydrogen (secondary N) is 1. The average molecular weight is 310 g/mol. The van der Waals surface area contributed by atoms with Crippen LogP contribution in [0.25, 0.3) is 0 Å². The number of azo groups is 1. The highest BCUT2D eigenvalue weighted by molar-refractivity contribution is 5.98. The molecule has 1 aliphatic rings. The Balaban J connectivity index is 2.26. The number of hydrogen-bond acceptors (Lipinski definition) is 4. The lowest BCUT2D eigenvalue weighted by molar-refractivity contribution is -0.137. The lowest BCUT2D eigenvalue weighted by Gasteiger charge is -2.19. The Morgan fingerprint density at radius 2 is 2.18 bits per heavy atom. The maximum absolute atomic E-state index is 12.9. The second-order valence-electron chi connectivity index (χ2n) is 5.37. The molecule has 0 bridgehead atoms. The van der Waals surface area contributed by atoms with E-state index in [2.05, 4.69) is 15.5 Å². The van der Waals surface area contributed by atoms with Crippen molar-refractivity contribution in [3.8, 4) is 6.07 Å². The highest BCUT2D eigenvalue weighted by atomic mass is 19.4. The SMILES string of the molecule is CC1CC(C)(C(=O)Nc2ccc(C#N)c(C(F)(F)F)c2)N=N1. The number of rotatable bonds is 2. The summed E-state index contributed by atoms with van der Waals surface area (Å²) < 4.78 is 38.6. The van der Waals surface area contributed by atoms with E-state index in [1.54, 1.807) is 13.8 Å². The maximum atomic E-state index is 12.9. The zero-order chi connectivity index (χ0) is 16.5.